The lowest BCUT2D eigenvalue weighted by Gasteiger charge is -2.34. The molecule has 0 N–H and O–H groups in total. The van der Waals surface area contributed by atoms with E-state index in [2.05, 4.69) is 239 Å². The van der Waals surface area contributed by atoms with Crippen LogP contribution >= 0.6 is 0 Å². The third kappa shape index (κ3) is 7.35. The Morgan fingerprint density at radius 1 is 0.288 bits per heavy atom. The molecule has 0 unspecified atom stereocenters. The van der Waals surface area contributed by atoms with E-state index in [4.69, 9.17) is 0 Å². The van der Waals surface area contributed by atoms with Crippen LogP contribution in [0.25, 0.3) is 44.5 Å². The number of hydrogen-bond donors (Lipinski definition) is 0. The van der Waals surface area contributed by atoms with Crippen molar-refractivity contribution < 1.29 is 0 Å². The molecular formula is C59H48. The second-order valence-electron chi connectivity index (χ2n) is 15.9. The van der Waals surface area contributed by atoms with Crippen LogP contribution < -0.4 is 0 Å². The zero-order chi connectivity index (χ0) is 40.2. The molecule has 0 bridgehead atoms. The highest BCUT2D eigenvalue weighted by atomic mass is 14.5. The van der Waals surface area contributed by atoms with Crippen molar-refractivity contribution in [1.29, 1.82) is 0 Å². The quantitative estimate of drug-likeness (QED) is 0.168. The Labute approximate surface area is 350 Å². The fourth-order valence-electron chi connectivity index (χ4n) is 8.98. The van der Waals surface area contributed by atoms with E-state index in [1.54, 1.807) is 0 Å². The van der Waals surface area contributed by atoms with Crippen molar-refractivity contribution in [2.45, 2.75) is 32.6 Å². The molecule has 0 atom stereocenters. The van der Waals surface area contributed by atoms with E-state index in [0.29, 0.717) is 0 Å². The minimum Gasteiger partial charge on any atom is -0.0622 e. The van der Waals surface area contributed by atoms with E-state index in [0.717, 1.165) is 6.42 Å². The predicted octanol–water partition coefficient (Wildman–Crippen LogP) is 15.3. The van der Waals surface area contributed by atoms with E-state index in [1.165, 1.54) is 94.6 Å². The van der Waals surface area contributed by atoms with Crippen LogP contribution in [0.15, 0.2) is 224 Å². The molecule has 0 nitrogen and oxygen atoms in total. The molecule has 0 heterocycles. The number of aryl methyl sites for hydroxylation is 3. The monoisotopic (exact) mass is 756 g/mol. The first-order chi connectivity index (χ1) is 29.0. The van der Waals surface area contributed by atoms with E-state index in [1.807, 2.05) is 6.07 Å². The summed E-state index contributed by atoms with van der Waals surface area (Å²) >= 11 is 0. The van der Waals surface area contributed by atoms with Crippen LogP contribution in [0.1, 0.15) is 50.1 Å². The predicted molar refractivity (Wildman–Crippen MR) is 250 cm³/mol. The molecule has 0 radical (unpaired) electrons. The third-order valence-electron chi connectivity index (χ3n) is 12.0. The lowest BCUT2D eigenvalue weighted by molar-refractivity contribution is 0.767. The SMILES string of the molecule is Cc1ccc(-c2ccc3c(c2)-c2ccccc2C3)cc1.Cc1ccc(-c2ccccc2)cc1.Cc1ccc2c(c1)C(c1ccccc1)(c1ccccc1)c1ccccc1-2. The van der Waals surface area contributed by atoms with Crippen molar-refractivity contribution in [3.63, 3.8) is 0 Å². The summed E-state index contributed by atoms with van der Waals surface area (Å²) in [5.41, 5.74) is 22.6. The van der Waals surface area contributed by atoms with Gasteiger partial charge in [-0.1, -0.05) is 235 Å². The Morgan fingerprint density at radius 3 is 1.36 bits per heavy atom. The van der Waals surface area contributed by atoms with E-state index < -0.39 is 0 Å². The number of fused-ring (bicyclic) bond motifs is 6. The molecule has 2 aliphatic rings. The smallest absolute Gasteiger partial charge is 0.0622 e. The van der Waals surface area contributed by atoms with Gasteiger partial charge >= 0.3 is 0 Å². The van der Waals surface area contributed by atoms with Gasteiger partial charge in [-0.25, -0.2) is 0 Å². The molecular weight excluding hydrogens is 709 g/mol. The first kappa shape index (κ1) is 37.6. The molecule has 11 rings (SSSR count). The molecule has 0 heteroatoms. The molecule has 0 aliphatic heterocycles. The summed E-state index contributed by atoms with van der Waals surface area (Å²) in [4.78, 5) is 0. The summed E-state index contributed by atoms with van der Waals surface area (Å²) in [7, 11) is 0. The molecule has 0 saturated heterocycles. The molecule has 0 fully saturated rings. The molecule has 284 valence electrons. The molecule has 0 aromatic heterocycles. The largest absolute Gasteiger partial charge is 0.0713 e. The summed E-state index contributed by atoms with van der Waals surface area (Å²) in [6, 6.07) is 81.0. The van der Waals surface area contributed by atoms with Crippen LogP contribution in [-0.4, -0.2) is 0 Å². The molecule has 0 saturated carbocycles. The number of benzene rings is 9. The Bertz CT molecular complexity index is 2790. The average molecular weight is 757 g/mol. The minimum absolute atomic E-state index is 0.263. The number of rotatable bonds is 4. The summed E-state index contributed by atoms with van der Waals surface area (Å²) in [6.45, 7) is 6.42. The minimum atomic E-state index is -0.263. The molecule has 0 amide bonds. The second kappa shape index (κ2) is 16.5. The molecule has 59 heavy (non-hydrogen) atoms. The van der Waals surface area contributed by atoms with E-state index in [9.17, 15) is 0 Å². The maximum absolute atomic E-state index is 2.37. The maximum Gasteiger partial charge on any atom is 0.0713 e. The van der Waals surface area contributed by atoms with Crippen molar-refractivity contribution in [3.05, 3.63) is 275 Å². The Morgan fingerprint density at radius 2 is 0.729 bits per heavy atom. The fourth-order valence-corrected chi connectivity index (χ4v) is 8.98. The Balaban J connectivity index is 0.000000121. The van der Waals surface area contributed by atoms with Gasteiger partial charge in [-0.15, -0.1) is 0 Å². The second-order valence-corrected chi connectivity index (χ2v) is 15.9. The van der Waals surface area contributed by atoms with Crippen molar-refractivity contribution in [1.82, 2.24) is 0 Å². The summed E-state index contributed by atoms with van der Waals surface area (Å²) < 4.78 is 0. The van der Waals surface area contributed by atoms with Crippen LogP contribution in [0.4, 0.5) is 0 Å². The van der Waals surface area contributed by atoms with Crippen molar-refractivity contribution in [2.24, 2.45) is 0 Å². The van der Waals surface area contributed by atoms with Gasteiger partial charge < -0.3 is 0 Å². The van der Waals surface area contributed by atoms with Gasteiger partial charge in [0.1, 0.15) is 0 Å². The standard InChI is InChI=1S/C26H20.C20H16.C13H12/c1-19-16-17-23-22-14-8-9-15-24(22)26(25(23)18-19,20-10-4-2-5-11-20)21-12-6-3-7-13-21;1-14-6-8-15(9-7-14)16-10-11-18-12-17-4-2-3-5-19(17)20(18)13-16;1-11-7-9-13(10-8-11)12-5-3-2-4-6-12/h2-18H,1H3;2-11,13H,12H2,1H3;2-10H,1H3. The van der Waals surface area contributed by atoms with Gasteiger partial charge in [-0.05, 0) is 111 Å². The first-order valence-electron chi connectivity index (χ1n) is 20.7. The van der Waals surface area contributed by atoms with Crippen molar-refractivity contribution >= 4 is 0 Å². The van der Waals surface area contributed by atoms with Gasteiger partial charge in [0.05, 0.1) is 5.41 Å². The zero-order valence-electron chi connectivity index (χ0n) is 34.1. The van der Waals surface area contributed by atoms with Crippen LogP contribution in [0, 0.1) is 20.8 Å². The molecule has 2 aliphatic carbocycles. The van der Waals surface area contributed by atoms with Gasteiger partial charge in [0.25, 0.3) is 0 Å². The van der Waals surface area contributed by atoms with Gasteiger partial charge in [-0.2, -0.15) is 0 Å². The van der Waals surface area contributed by atoms with E-state index >= 15 is 0 Å². The number of hydrogen-bond acceptors (Lipinski definition) is 0. The summed E-state index contributed by atoms with van der Waals surface area (Å²) in [6.07, 6.45) is 1.07. The summed E-state index contributed by atoms with van der Waals surface area (Å²) in [5, 5.41) is 0. The summed E-state index contributed by atoms with van der Waals surface area (Å²) in [5.74, 6) is 0. The lowest BCUT2D eigenvalue weighted by atomic mass is 9.67. The van der Waals surface area contributed by atoms with Gasteiger partial charge in [0.15, 0.2) is 0 Å². The van der Waals surface area contributed by atoms with Gasteiger partial charge in [-0.3, -0.25) is 0 Å². The Kier molecular flexibility index (Phi) is 10.5. The highest BCUT2D eigenvalue weighted by molar-refractivity contribution is 5.86. The van der Waals surface area contributed by atoms with Gasteiger partial charge in [0, 0.05) is 0 Å². The van der Waals surface area contributed by atoms with Crippen molar-refractivity contribution in [3.8, 4) is 44.5 Å². The highest BCUT2D eigenvalue weighted by Gasteiger charge is 2.45. The van der Waals surface area contributed by atoms with Crippen LogP contribution in [-0.2, 0) is 11.8 Å². The molecule has 0 spiro atoms. The average Bonchev–Trinajstić information content (AvgIpc) is 3.81. The fraction of sp³-hybridized carbons (Fsp3) is 0.0847. The topological polar surface area (TPSA) is 0 Å². The first-order valence-corrected chi connectivity index (χ1v) is 20.7. The van der Waals surface area contributed by atoms with Crippen LogP contribution in [0.5, 0.6) is 0 Å². The molecule has 9 aromatic rings. The third-order valence-corrected chi connectivity index (χ3v) is 12.0. The zero-order valence-corrected chi connectivity index (χ0v) is 34.1. The van der Waals surface area contributed by atoms with Crippen LogP contribution in [0.2, 0.25) is 0 Å². The Hall–Kier alpha value is -7.02. The van der Waals surface area contributed by atoms with Gasteiger partial charge in [0.2, 0.25) is 0 Å². The highest BCUT2D eigenvalue weighted by Crippen LogP contribution is 2.56. The van der Waals surface area contributed by atoms with Crippen LogP contribution in [0.3, 0.4) is 0 Å². The lowest BCUT2D eigenvalue weighted by Crippen LogP contribution is -2.28. The van der Waals surface area contributed by atoms with Crippen molar-refractivity contribution in [2.75, 3.05) is 0 Å². The van der Waals surface area contributed by atoms with E-state index in [-0.39, 0.29) is 5.41 Å². The maximum atomic E-state index is 2.37. The normalized spacial score (nSPS) is 12.4. The molecule has 9 aromatic carbocycles.